The molecule has 0 aliphatic rings. The lowest BCUT2D eigenvalue weighted by molar-refractivity contribution is -0.199. The summed E-state index contributed by atoms with van der Waals surface area (Å²) in [5, 5.41) is 10.7. The van der Waals surface area contributed by atoms with Gasteiger partial charge in [-0.25, -0.2) is 0 Å². The molecule has 0 spiro atoms. The molecule has 0 bridgehead atoms. The van der Waals surface area contributed by atoms with Crippen molar-refractivity contribution in [1.82, 2.24) is 0 Å². The monoisotopic (exact) mass is 155 g/mol. The largest absolute Gasteiger partial charge is 0.414 e. The molecule has 0 fully saturated rings. The van der Waals surface area contributed by atoms with Gasteiger partial charge in [-0.2, -0.15) is 13.2 Å². The van der Waals surface area contributed by atoms with E-state index in [1.807, 2.05) is 0 Å². The summed E-state index contributed by atoms with van der Waals surface area (Å²) >= 11 is 0. The van der Waals surface area contributed by atoms with Crippen LogP contribution in [0.3, 0.4) is 0 Å². The topological polar surface area (TPSA) is 69.0 Å². The SMILES string of the molecule is [N-]=[N+]=NC[C@@H](O)C(F)(F)F. The zero-order valence-corrected chi connectivity index (χ0v) is 4.71. The molecule has 0 rings (SSSR count). The molecule has 0 aliphatic carbocycles. The maximum absolute atomic E-state index is 11.3. The van der Waals surface area contributed by atoms with Gasteiger partial charge in [0.15, 0.2) is 6.10 Å². The smallest absolute Gasteiger partial charge is 0.384 e. The first-order valence-corrected chi connectivity index (χ1v) is 2.24. The summed E-state index contributed by atoms with van der Waals surface area (Å²) in [6, 6.07) is 0. The van der Waals surface area contributed by atoms with Crippen LogP contribution in [-0.2, 0) is 0 Å². The molecule has 1 atom stereocenters. The van der Waals surface area contributed by atoms with E-state index in [2.05, 4.69) is 10.0 Å². The lowest BCUT2D eigenvalue weighted by atomic mass is 10.3. The maximum atomic E-state index is 11.3. The number of aliphatic hydroxyl groups is 1. The summed E-state index contributed by atoms with van der Waals surface area (Å²) in [5.41, 5.74) is 7.56. The molecule has 0 aliphatic heterocycles. The summed E-state index contributed by atoms with van der Waals surface area (Å²) in [4.78, 5) is 2.05. The van der Waals surface area contributed by atoms with Crippen molar-refractivity contribution in [3.05, 3.63) is 10.4 Å². The molecule has 0 aromatic heterocycles. The van der Waals surface area contributed by atoms with Crippen molar-refractivity contribution in [2.45, 2.75) is 12.3 Å². The van der Waals surface area contributed by atoms with Crippen molar-refractivity contribution in [1.29, 1.82) is 0 Å². The molecule has 0 amide bonds. The van der Waals surface area contributed by atoms with E-state index in [9.17, 15) is 13.2 Å². The zero-order valence-electron chi connectivity index (χ0n) is 4.71. The van der Waals surface area contributed by atoms with Crippen molar-refractivity contribution in [2.24, 2.45) is 5.11 Å². The van der Waals surface area contributed by atoms with Crippen LogP contribution in [0.2, 0.25) is 0 Å². The highest BCUT2D eigenvalue weighted by Gasteiger charge is 2.37. The van der Waals surface area contributed by atoms with E-state index in [0.717, 1.165) is 0 Å². The minimum absolute atomic E-state index is 0.972. The maximum Gasteiger partial charge on any atom is 0.414 e. The molecule has 10 heavy (non-hydrogen) atoms. The second kappa shape index (κ2) is 3.28. The Morgan fingerprint density at radius 1 is 1.60 bits per heavy atom. The lowest BCUT2D eigenvalue weighted by Crippen LogP contribution is -2.30. The third-order valence-corrected chi connectivity index (χ3v) is 0.696. The van der Waals surface area contributed by atoms with Crippen molar-refractivity contribution < 1.29 is 18.3 Å². The molecular formula is C3H4F3N3O. The van der Waals surface area contributed by atoms with Crippen molar-refractivity contribution in [3.8, 4) is 0 Å². The zero-order chi connectivity index (χ0) is 8.20. The number of hydrogen-bond donors (Lipinski definition) is 1. The molecule has 58 valence electrons. The van der Waals surface area contributed by atoms with E-state index in [1.165, 1.54) is 0 Å². The minimum Gasteiger partial charge on any atom is -0.384 e. The first-order valence-electron chi connectivity index (χ1n) is 2.24. The molecule has 0 aromatic rings. The fraction of sp³-hybridized carbons (Fsp3) is 1.00. The van der Waals surface area contributed by atoms with E-state index in [0.29, 0.717) is 0 Å². The van der Waals surface area contributed by atoms with Gasteiger partial charge in [0, 0.05) is 4.91 Å². The van der Waals surface area contributed by atoms with Crippen LogP contribution in [0.5, 0.6) is 0 Å². The minimum atomic E-state index is -4.70. The standard InChI is InChI=1S/C3H4F3N3O/c4-3(5,6)2(10)1-8-9-7/h2,10H,1H2/t2-/m1/s1. The van der Waals surface area contributed by atoms with Crippen molar-refractivity contribution in [3.63, 3.8) is 0 Å². The second-order valence-corrected chi connectivity index (χ2v) is 1.47. The third-order valence-electron chi connectivity index (χ3n) is 0.696. The van der Waals surface area contributed by atoms with E-state index in [-0.39, 0.29) is 0 Å². The van der Waals surface area contributed by atoms with Crippen LogP contribution in [0.4, 0.5) is 13.2 Å². The van der Waals surface area contributed by atoms with Crippen LogP contribution in [0, 0.1) is 0 Å². The Labute approximate surface area is 53.9 Å². The third kappa shape index (κ3) is 3.16. The summed E-state index contributed by atoms with van der Waals surface area (Å²) in [6.07, 6.45) is -7.25. The van der Waals surface area contributed by atoms with E-state index in [4.69, 9.17) is 10.6 Å². The summed E-state index contributed by atoms with van der Waals surface area (Å²) < 4.78 is 34.0. The summed E-state index contributed by atoms with van der Waals surface area (Å²) in [7, 11) is 0. The highest BCUT2D eigenvalue weighted by molar-refractivity contribution is 4.67. The van der Waals surface area contributed by atoms with Gasteiger partial charge in [0.1, 0.15) is 0 Å². The first kappa shape index (κ1) is 9.06. The normalized spacial score (nSPS) is 14.0. The number of nitrogens with zero attached hydrogens (tertiary/aromatic N) is 3. The van der Waals surface area contributed by atoms with Gasteiger partial charge in [-0.15, -0.1) is 0 Å². The molecule has 7 heteroatoms. The van der Waals surface area contributed by atoms with Gasteiger partial charge in [0.05, 0.1) is 6.54 Å². The Morgan fingerprint density at radius 3 is 2.40 bits per heavy atom. The van der Waals surface area contributed by atoms with Gasteiger partial charge in [-0.05, 0) is 5.53 Å². The van der Waals surface area contributed by atoms with Crippen LogP contribution in [-0.4, -0.2) is 23.9 Å². The van der Waals surface area contributed by atoms with Crippen LogP contribution < -0.4 is 0 Å². The molecule has 0 unspecified atom stereocenters. The fourth-order valence-corrected chi connectivity index (χ4v) is 0.217. The fourth-order valence-electron chi connectivity index (χ4n) is 0.217. The Morgan fingerprint density at radius 2 is 2.10 bits per heavy atom. The quantitative estimate of drug-likeness (QED) is 0.363. The predicted octanol–water partition coefficient (Wildman–Crippen LogP) is 1.22. The highest BCUT2D eigenvalue weighted by atomic mass is 19.4. The molecule has 0 saturated carbocycles. The van der Waals surface area contributed by atoms with Crippen LogP contribution in [0.15, 0.2) is 5.11 Å². The number of halogens is 3. The van der Waals surface area contributed by atoms with Crippen LogP contribution in [0.1, 0.15) is 0 Å². The molecular weight excluding hydrogens is 151 g/mol. The predicted molar refractivity (Wildman–Crippen MR) is 26.1 cm³/mol. The van der Waals surface area contributed by atoms with Gasteiger partial charge in [-0.3, -0.25) is 0 Å². The Kier molecular flexibility index (Phi) is 2.98. The van der Waals surface area contributed by atoms with E-state index in [1.54, 1.807) is 0 Å². The Hall–Kier alpha value is -0.940. The second-order valence-electron chi connectivity index (χ2n) is 1.47. The Bertz CT molecular complexity index is 150. The van der Waals surface area contributed by atoms with E-state index >= 15 is 0 Å². The molecule has 0 heterocycles. The molecule has 0 saturated heterocycles. The average Bonchev–Trinajstić information content (AvgIpc) is 1.80. The van der Waals surface area contributed by atoms with Gasteiger partial charge in [-0.1, -0.05) is 5.11 Å². The van der Waals surface area contributed by atoms with Crippen LogP contribution >= 0.6 is 0 Å². The van der Waals surface area contributed by atoms with Gasteiger partial charge in [0.25, 0.3) is 0 Å². The summed E-state index contributed by atoms with van der Waals surface area (Å²) in [5.74, 6) is 0. The first-order chi connectivity index (χ1) is 4.48. The van der Waals surface area contributed by atoms with Gasteiger partial charge >= 0.3 is 6.18 Å². The van der Waals surface area contributed by atoms with E-state index < -0.39 is 18.8 Å². The number of hydrogen-bond acceptors (Lipinski definition) is 2. The Balaban J connectivity index is 3.84. The molecule has 0 aromatic carbocycles. The van der Waals surface area contributed by atoms with Crippen molar-refractivity contribution >= 4 is 0 Å². The molecule has 4 nitrogen and oxygen atoms in total. The highest BCUT2D eigenvalue weighted by Crippen LogP contribution is 2.19. The number of aliphatic hydroxyl groups excluding tert-OH is 1. The average molecular weight is 155 g/mol. The van der Waals surface area contributed by atoms with Crippen LogP contribution in [0.25, 0.3) is 10.4 Å². The molecule has 1 N–H and O–H groups in total. The lowest BCUT2D eigenvalue weighted by Gasteiger charge is -2.10. The summed E-state index contributed by atoms with van der Waals surface area (Å²) in [6.45, 7) is -0.972. The number of alkyl halides is 3. The van der Waals surface area contributed by atoms with Gasteiger partial charge < -0.3 is 5.11 Å². The number of rotatable bonds is 2. The number of azide groups is 1. The molecule has 0 radical (unpaired) electrons. The van der Waals surface area contributed by atoms with Crippen molar-refractivity contribution in [2.75, 3.05) is 6.54 Å². The van der Waals surface area contributed by atoms with Gasteiger partial charge in [0.2, 0.25) is 0 Å².